The lowest BCUT2D eigenvalue weighted by Crippen LogP contribution is -2.44. The quantitative estimate of drug-likeness (QED) is 0.709. The average molecular weight is 410 g/mol. The van der Waals surface area contributed by atoms with Crippen molar-refractivity contribution in [2.45, 2.75) is 38.6 Å². The SMILES string of the molecule is CCCNC(=O)N1c2ccccc2NC2=C(C(=O)CCC2)[C@@H]1c1ccc(Cl)cc1. The number of fused-ring (bicyclic) bond motifs is 1. The maximum Gasteiger partial charge on any atom is 0.322 e. The summed E-state index contributed by atoms with van der Waals surface area (Å²) in [4.78, 5) is 28.1. The zero-order valence-corrected chi connectivity index (χ0v) is 17.1. The van der Waals surface area contributed by atoms with Crippen LogP contribution in [-0.2, 0) is 4.79 Å². The third-order valence-electron chi connectivity index (χ3n) is 5.37. The van der Waals surface area contributed by atoms with E-state index in [0.717, 1.165) is 41.9 Å². The van der Waals surface area contributed by atoms with Crippen LogP contribution in [0.25, 0.3) is 0 Å². The highest BCUT2D eigenvalue weighted by Crippen LogP contribution is 2.44. The third-order valence-corrected chi connectivity index (χ3v) is 5.62. The number of nitrogens with zero attached hydrogens (tertiary/aromatic N) is 1. The molecule has 150 valence electrons. The summed E-state index contributed by atoms with van der Waals surface area (Å²) in [5.41, 5.74) is 4.02. The van der Waals surface area contributed by atoms with Gasteiger partial charge in [-0.1, -0.05) is 42.8 Å². The number of hydrogen-bond donors (Lipinski definition) is 2. The highest BCUT2D eigenvalue weighted by molar-refractivity contribution is 6.30. The summed E-state index contributed by atoms with van der Waals surface area (Å²) in [6.45, 7) is 2.58. The summed E-state index contributed by atoms with van der Waals surface area (Å²) in [6, 6.07) is 14.4. The van der Waals surface area contributed by atoms with Crippen LogP contribution in [0.5, 0.6) is 0 Å². The van der Waals surface area contributed by atoms with Crippen LogP contribution in [0.4, 0.5) is 16.2 Å². The molecule has 0 fully saturated rings. The molecular formula is C23H24ClN3O2. The van der Waals surface area contributed by atoms with E-state index in [0.29, 0.717) is 23.6 Å². The number of para-hydroxylation sites is 2. The van der Waals surface area contributed by atoms with Crippen LogP contribution in [0.2, 0.25) is 5.02 Å². The molecule has 2 aromatic rings. The minimum atomic E-state index is -0.511. The van der Waals surface area contributed by atoms with Crippen molar-refractivity contribution in [3.05, 3.63) is 70.4 Å². The smallest absolute Gasteiger partial charge is 0.322 e. The van der Waals surface area contributed by atoms with Crippen LogP contribution in [0.3, 0.4) is 0 Å². The molecule has 29 heavy (non-hydrogen) atoms. The van der Waals surface area contributed by atoms with Crippen LogP contribution in [0, 0.1) is 0 Å². The molecule has 5 nitrogen and oxygen atoms in total. The molecule has 0 spiro atoms. The number of ketones is 1. The Morgan fingerprint density at radius 3 is 2.69 bits per heavy atom. The van der Waals surface area contributed by atoms with E-state index in [1.54, 1.807) is 17.0 Å². The number of carbonyl (C=O) groups excluding carboxylic acids is 2. The Labute approximate surface area is 175 Å². The standard InChI is InChI=1S/C23H24ClN3O2/c1-2-14-25-23(29)27-19-8-4-3-6-17(19)26-18-7-5-9-20(28)21(18)22(27)15-10-12-16(24)13-11-15/h3-4,6,8,10-13,22,26H,2,5,7,9,14H2,1H3,(H,25,29)/t22-/m0/s1. The first-order valence-electron chi connectivity index (χ1n) is 10.0. The Morgan fingerprint density at radius 1 is 1.17 bits per heavy atom. The number of rotatable bonds is 3. The Morgan fingerprint density at radius 2 is 1.93 bits per heavy atom. The molecule has 0 aromatic heterocycles. The van der Waals surface area contributed by atoms with Gasteiger partial charge in [0.15, 0.2) is 5.78 Å². The minimum absolute atomic E-state index is 0.0831. The fourth-order valence-corrected chi connectivity index (χ4v) is 4.16. The average Bonchev–Trinajstić information content (AvgIpc) is 2.87. The molecular weight excluding hydrogens is 386 g/mol. The minimum Gasteiger partial charge on any atom is -0.357 e. The first kappa shape index (κ1) is 19.5. The van der Waals surface area contributed by atoms with E-state index in [-0.39, 0.29) is 11.8 Å². The maximum absolute atomic E-state index is 13.3. The number of hydrogen-bond acceptors (Lipinski definition) is 3. The lowest BCUT2D eigenvalue weighted by Gasteiger charge is -2.33. The number of nitrogens with one attached hydrogen (secondary N) is 2. The number of anilines is 2. The first-order chi connectivity index (χ1) is 14.1. The molecule has 1 heterocycles. The first-order valence-corrected chi connectivity index (χ1v) is 10.4. The van der Waals surface area contributed by atoms with Gasteiger partial charge in [-0.15, -0.1) is 0 Å². The molecule has 1 aliphatic carbocycles. The highest BCUT2D eigenvalue weighted by atomic mass is 35.5. The Balaban J connectivity index is 1.94. The van der Waals surface area contributed by atoms with Crippen molar-refractivity contribution in [2.24, 2.45) is 0 Å². The number of Topliss-reactive ketones (excluding diaryl/α,β-unsaturated/α-hetero) is 1. The fourth-order valence-electron chi connectivity index (χ4n) is 4.04. The van der Waals surface area contributed by atoms with E-state index in [1.165, 1.54) is 0 Å². The zero-order chi connectivity index (χ0) is 20.4. The number of amides is 2. The lowest BCUT2D eigenvalue weighted by molar-refractivity contribution is -0.116. The van der Waals surface area contributed by atoms with E-state index in [2.05, 4.69) is 10.6 Å². The van der Waals surface area contributed by atoms with Crippen LogP contribution in [0.15, 0.2) is 59.8 Å². The van der Waals surface area contributed by atoms with Gasteiger partial charge >= 0.3 is 6.03 Å². The number of urea groups is 1. The molecule has 2 aromatic carbocycles. The predicted molar refractivity (Wildman–Crippen MR) is 116 cm³/mol. The lowest BCUT2D eigenvalue weighted by atomic mass is 9.86. The van der Waals surface area contributed by atoms with Gasteiger partial charge in [-0.2, -0.15) is 0 Å². The molecule has 0 radical (unpaired) electrons. The molecule has 1 atom stereocenters. The van der Waals surface area contributed by atoms with Crippen LogP contribution >= 0.6 is 11.6 Å². The summed E-state index contributed by atoms with van der Waals surface area (Å²) in [6.07, 6.45) is 2.91. The van der Waals surface area contributed by atoms with Gasteiger partial charge in [0, 0.05) is 29.3 Å². The van der Waals surface area contributed by atoms with Gasteiger partial charge in [0.1, 0.15) is 0 Å². The van der Waals surface area contributed by atoms with Crippen molar-refractivity contribution in [1.82, 2.24) is 5.32 Å². The molecule has 4 rings (SSSR count). The summed E-state index contributed by atoms with van der Waals surface area (Å²) < 4.78 is 0. The third kappa shape index (κ3) is 3.75. The Hall–Kier alpha value is -2.79. The van der Waals surface area contributed by atoms with Gasteiger partial charge in [-0.05, 0) is 49.1 Å². The van der Waals surface area contributed by atoms with E-state index in [4.69, 9.17) is 11.6 Å². The highest BCUT2D eigenvalue weighted by Gasteiger charge is 2.39. The molecule has 2 aliphatic rings. The van der Waals surface area contributed by atoms with Gasteiger partial charge in [0.2, 0.25) is 0 Å². The molecule has 0 bridgehead atoms. The van der Waals surface area contributed by atoms with E-state index < -0.39 is 6.04 Å². The Bertz CT molecular complexity index is 968. The van der Waals surface area contributed by atoms with Crippen LogP contribution in [0.1, 0.15) is 44.2 Å². The van der Waals surface area contributed by atoms with Crippen molar-refractivity contribution in [3.8, 4) is 0 Å². The fraction of sp³-hybridized carbons (Fsp3) is 0.304. The number of allylic oxidation sites excluding steroid dienone is 1. The van der Waals surface area contributed by atoms with E-state index >= 15 is 0 Å². The van der Waals surface area contributed by atoms with Gasteiger partial charge in [-0.25, -0.2) is 4.79 Å². The monoisotopic (exact) mass is 409 g/mol. The van der Waals surface area contributed by atoms with Crippen LogP contribution in [-0.4, -0.2) is 18.4 Å². The Kier molecular flexibility index (Phi) is 5.58. The zero-order valence-electron chi connectivity index (χ0n) is 16.4. The second kappa shape index (κ2) is 8.29. The van der Waals surface area contributed by atoms with Gasteiger partial charge in [0.05, 0.1) is 17.4 Å². The maximum atomic E-state index is 13.3. The van der Waals surface area contributed by atoms with Crippen molar-refractivity contribution in [1.29, 1.82) is 0 Å². The van der Waals surface area contributed by atoms with Gasteiger partial charge in [0.25, 0.3) is 0 Å². The van der Waals surface area contributed by atoms with Crippen molar-refractivity contribution < 1.29 is 9.59 Å². The molecule has 1 aliphatic heterocycles. The normalized spacial score (nSPS) is 18.5. The second-order valence-corrected chi connectivity index (χ2v) is 7.80. The van der Waals surface area contributed by atoms with Crippen molar-refractivity contribution in [3.63, 3.8) is 0 Å². The summed E-state index contributed by atoms with van der Waals surface area (Å²) in [7, 11) is 0. The summed E-state index contributed by atoms with van der Waals surface area (Å²) in [5, 5.41) is 7.06. The topological polar surface area (TPSA) is 61.4 Å². The van der Waals surface area contributed by atoms with E-state index in [1.807, 2.05) is 43.3 Å². The molecule has 2 amide bonds. The molecule has 2 N–H and O–H groups in total. The summed E-state index contributed by atoms with van der Waals surface area (Å²) >= 11 is 6.11. The van der Waals surface area contributed by atoms with Crippen molar-refractivity contribution >= 4 is 34.8 Å². The van der Waals surface area contributed by atoms with Gasteiger partial charge < -0.3 is 10.6 Å². The molecule has 0 saturated heterocycles. The largest absolute Gasteiger partial charge is 0.357 e. The van der Waals surface area contributed by atoms with Crippen molar-refractivity contribution in [2.75, 3.05) is 16.8 Å². The van der Waals surface area contributed by atoms with Crippen LogP contribution < -0.4 is 15.5 Å². The predicted octanol–water partition coefficient (Wildman–Crippen LogP) is 5.44. The molecule has 0 saturated carbocycles. The number of halogens is 1. The van der Waals surface area contributed by atoms with E-state index in [9.17, 15) is 9.59 Å². The second-order valence-electron chi connectivity index (χ2n) is 7.37. The molecule has 0 unspecified atom stereocenters. The molecule has 6 heteroatoms. The number of carbonyl (C=O) groups is 2. The summed E-state index contributed by atoms with van der Waals surface area (Å²) in [5.74, 6) is 0.0831. The van der Waals surface area contributed by atoms with Gasteiger partial charge in [-0.3, -0.25) is 9.69 Å². The number of benzene rings is 2.